The van der Waals surface area contributed by atoms with Gasteiger partial charge >= 0.3 is 0 Å². The van der Waals surface area contributed by atoms with Gasteiger partial charge < -0.3 is 4.52 Å². The third-order valence-electron chi connectivity index (χ3n) is 5.59. The maximum absolute atomic E-state index is 13.0. The molecule has 2 heterocycles. The Hall–Kier alpha value is -3.15. The van der Waals surface area contributed by atoms with Crippen molar-refractivity contribution in [2.24, 2.45) is 0 Å². The Labute approximate surface area is 185 Å². The van der Waals surface area contributed by atoms with Crippen LogP contribution in [-0.2, 0) is 16.6 Å². The van der Waals surface area contributed by atoms with Crippen LogP contribution in [-0.4, -0.2) is 58.9 Å². The summed E-state index contributed by atoms with van der Waals surface area (Å²) in [5.41, 5.74) is 2.45. The zero-order valence-electron chi connectivity index (χ0n) is 17.8. The van der Waals surface area contributed by atoms with Gasteiger partial charge in [-0.1, -0.05) is 23.4 Å². The van der Waals surface area contributed by atoms with Gasteiger partial charge in [-0.05, 0) is 37.1 Å². The van der Waals surface area contributed by atoms with Crippen LogP contribution in [0.4, 0.5) is 5.69 Å². The molecule has 1 aliphatic rings. The van der Waals surface area contributed by atoms with Gasteiger partial charge in [-0.25, -0.2) is 8.42 Å². The standard InChI is InChI=1S/C21H23N5O5S/c1-15-6-7-19(12-16(15)2)32(29,30)25-10-8-24(9-11-25)14-20-22-21(23-31-20)17-4-3-5-18(13-17)26(27)28/h3-7,12-13H,8-11,14H2,1-2H3. The van der Waals surface area contributed by atoms with E-state index in [2.05, 4.69) is 10.1 Å². The van der Waals surface area contributed by atoms with E-state index in [1.165, 1.54) is 16.4 Å². The van der Waals surface area contributed by atoms with Gasteiger partial charge in [0.05, 0.1) is 16.4 Å². The minimum absolute atomic E-state index is 0.0463. The zero-order valence-corrected chi connectivity index (χ0v) is 18.6. The number of nitro groups is 1. The van der Waals surface area contributed by atoms with Gasteiger partial charge in [-0.15, -0.1) is 0 Å². The molecule has 11 heteroatoms. The summed E-state index contributed by atoms with van der Waals surface area (Å²) in [5, 5.41) is 14.9. The van der Waals surface area contributed by atoms with E-state index in [0.29, 0.717) is 49.1 Å². The fraction of sp³-hybridized carbons (Fsp3) is 0.333. The summed E-state index contributed by atoms with van der Waals surface area (Å²) in [4.78, 5) is 17.2. The fourth-order valence-electron chi connectivity index (χ4n) is 3.54. The molecule has 2 aromatic carbocycles. The van der Waals surface area contributed by atoms with E-state index < -0.39 is 14.9 Å². The first kappa shape index (κ1) is 22.1. The van der Waals surface area contributed by atoms with Crippen LogP contribution >= 0.6 is 0 Å². The van der Waals surface area contributed by atoms with Crippen LogP contribution in [0.3, 0.4) is 0 Å². The Bertz CT molecular complexity index is 1250. The molecule has 3 aromatic rings. The Morgan fingerprint density at radius 1 is 1.06 bits per heavy atom. The van der Waals surface area contributed by atoms with Gasteiger partial charge in [0.25, 0.3) is 5.69 Å². The predicted octanol–water partition coefficient (Wildman–Crippen LogP) is 2.77. The number of non-ortho nitro benzene ring substituents is 1. The number of nitro benzene ring substituents is 1. The van der Waals surface area contributed by atoms with Crippen molar-refractivity contribution in [2.45, 2.75) is 25.3 Å². The second-order valence-corrected chi connectivity index (χ2v) is 9.68. The molecule has 1 aliphatic heterocycles. The molecule has 10 nitrogen and oxygen atoms in total. The van der Waals surface area contributed by atoms with Gasteiger partial charge in [0.2, 0.25) is 21.7 Å². The quantitative estimate of drug-likeness (QED) is 0.409. The fourth-order valence-corrected chi connectivity index (χ4v) is 5.05. The van der Waals surface area contributed by atoms with Gasteiger partial charge in [-0.2, -0.15) is 9.29 Å². The van der Waals surface area contributed by atoms with Crippen LogP contribution in [0.25, 0.3) is 11.4 Å². The second-order valence-electron chi connectivity index (χ2n) is 7.75. The molecule has 1 aromatic heterocycles. The molecule has 4 rings (SSSR count). The monoisotopic (exact) mass is 457 g/mol. The average molecular weight is 458 g/mol. The van der Waals surface area contributed by atoms with Gasteiger partial charge in [-0.3, -0.25) is 15.0 Å². The maximum atomic E-state index is 13.0. The lowest BCUT2D eigenvalue weighted by atomic mass is 10.1. The Balaban J connectivity index is 1.39. The van der Waals surface area contributed by atoms with E-state index in [1.54, 1.807) is 24.3 Å². The summed E-state index contributed by atoms with van der Waals surface area (Å²) < 4.78 is 32.7. The molecule has 168 valence electrons. The lowest BCUT2D eigenvalue weighted by molar-refractivity contribution is -0.384. The lowest BCUT2D eigenvalue weighted by Gasteiger charge is -2.33. The molecule has 0 atom stereocenters. The smallest absolute Gasteiger partial charge is 0.270 e. The van der Waals surface area contributed by atoms with Crippen molar-refractivity contribution in [3.63, 3.8) is 0 Å². The minimum atomic E-state index is -3.54. The molecule has 1 saturated heterocycles. The van der Waals surface area contributed by atoms with E-state index in [-0.39, 0.29) is 11.5 Å². The number of aryl methyl sites for hydroxylation is 2. The SMILES string of the molecule is Cc1ccc(S(=O)(=O)N2CCN(Cc3nc(-c4cccc([N+](=O)[O-])c4)no3)CC2)cc1C. The van der Waals surface area contributed by atoms with Crippen LogP contribution in [0.15, 0.2) is 51.9 Å². The second kappa shape index (κ2) is 8.77. The molecule has 0 amide bonds. The van der Waals surface area contributed by atoms with Gasteiger partial charge in [0.1, 0.15) is 0 Å². The maximum Gasteiger partial charge on any atom is 0.270 e. The molecule has 0 N–H and O–H groups in total. The van der Waals surface area contributed by atoms with Crippen LogP contribution in [0.2, 0.25) is 0 Å². The highest BCUT2D eigenvalue weighted by Gasteiger charge is 2.29. The summed E-state index contributed by atoms with van der Waals surface area (Å²) in [5.74, 6) is 0.650. The molecule has 0 saturated carbocycles. The number of aromatic nitrogens is 2. The minimum Gasteiger partial charge on any atom is -0.338 e. The predicted molar refractivity (Wildman–Crippen MR) is 116 cm³/mol. The van der Waals surface area contributed by atoms with E-state index in [9.17, 15) is 18.5 Å². The van der Waals surface area contributed by atoms with E-state index in [0.717, 1.165) is 11.1 Å². The van der Waals surface area contributed by atoms with Gasteiger partial charge in [0.15, 0.2) is 0 Å². The summed E-state index contributed by atoms with van der Waals surface area (Å²) in [6, 6.07) is 11.2. The number of piperazine rings is 1. The molecule has 0 unspecified atom stereocenters. The highest BCUT2D eigenvalue weighted by Crippen LogP contribution is 2.23. The Kier molecular flexibility index (Phi) is 6.04. The van der Waals surface area contributed by atoms with Crippen molar-refractivity contribution in [2.75, 3.05) is 26.2 Å². The van der Waals surface area contributed by atoms with E-state index in [4.69, 9.17) is 4.52 Å². The summed E-state index contributed by atoms with van der Waals surface area (Å²) >= 11 is 0. The van der Waals surface area contributed by atoms with Crippen LogP contribution in [0, 0.1) is 24.0 Å². The van der Waals surface area contributed by atoms with Crippen LogP contribution < -0.4 is 0 Å². The first-order chi connectivity index (χ1) is 15.2. The van der Waals surface area contributed by atoms with E-state index >= 15 is 0 Å². The largest absolute Gasteiger partial charge is 0.338 e. The summed E-state index contributed by atoms with van der Waals surface area (Å²) in [6.07, 6.45) is 0. The summed E-state index contributed by atoms with van der Waals surface area (Å²) in [6.45, 7) is 6.00. The van der Waals surface area contributed by atoms with Crippen molar-refractivity contribution < 1.29 is 17.9 Å². The van der Waals surface area contributed by atoms with Crippen LogP contribution in [0.5, 0.6) is 0 Å². The zero-order chi connectivity index (χ0) is 22.9. The number of hydrogen-bond donors (Lipinski definition) is 0. The first-order valence-corrected chi connectivity index (χ1v) is 11.6. The molecule has 1 fully saturated rings. The number of hydrogen-bond acceptors (Lipinski definition) is 8. The average Bonchev–Trinajstić information content (AvgIpc) is 3.24. The first-order valence-electron chi connectivity index (χ1n) is 10.1. The van der Waals surface area contributed by atoms with Crippen molar-refractivity contribution in [3.8, 4) is 11.4 Å². The number of nitrogens with zero attached hydrogens (tertiary/aromatic N) is 5. The normalized spacial score (nSPS) is 15.7. The molecule has 32 heavy (non-hydrogen) atoms. The molecule has 0 spiro atoms. The molecule has 0 aliphatic carbocycles. The molecular formula is C21H23N5O5S. The third-order valence-corrected chi connectivity index (χ3v) is 7.48. The van der Waals surface area contributed by atoms with Gasteiger partial charge in [0, 0.05) is 43.9 Å². The highest BCUT2D eigenvalue weighted by atomic mass is 32.2. The molecular weight excluding hydrogens is 434 g/mol. The van der Waals surface area contributed by atoms with Crippen LogP contribution in [0.1, 0.15) is 17.0 Å². The number of rotatable bonds is 6. The van der Waals surface area contributed by atoms with Crippen molar-refractivity contribution in [3.05, 3.63) is 69.6 Å². The molecule has 0 radical (unpaired) electrons. The lowest BCUT2D eigenvalue weighted by Crippen LogP contribution is -2.48. The Morgan fingerprint density at radius 2 is 1.81 bits per heavy atom. The number of benzene rings is 2. The summed E-state index contributed by atoms with van der Waals surface area (Å²) in [7, 11) is -3.54. The van der Waals surface area contributed by atoms with Crippen molar-refractivity contribution in [1.82, 2.24) is 19.3 Å². The number of sulfonamides is 1. The third kappa shape index (κ3) is 4.54. The highest BCUT2D eigenvalue weighted by molar-refractivity contribution is 7.89. The topological polar surface area (TPSA) is 123 Å². The van der Waals surface area contributed by atoms with Crippen molar-refractivity contribution in [1.29, 1.82) is 0 Å². The Morgan fingerprint density at radius 3 is 2.50 bits per heavy atom. The van der Waals surface area contributed by atoms with Crippen molar-refractivity contribution >= 4 is 15.7 Å². The molecule has 0 bridgehead atoms. The van der Waals surface area contributed by atoms with E-state index in [1.807, 2.05) is 24.8 Å².